The molecule has 0 spiro atoms. The summed E-state index contributed by atoms with van der Waals surface area (Å²) in [7, 11) is 0. The van der Waals surface area contributed by atoms with Gasteiger partial charge in [-0.1, -0.05) is 194 Å². The van der Waals surface area contributed by atoms with Gasteiger partial charge in [-0.15, -0.1) is 0 Å². The van der Waals surface area contributed by atoms with E-state index in [0.29, 0.717) is 0 Å². The minimum Gasteiger partial charge on any atom is -0.309 e. The lowest BCUT2D eigenvalue weighted by molar-refractivity contribution is 1.29. The van der Waals surface area contributed by atoms with E-state index in [2.05, 4.69) is 229 Å². The summed E-state index contributed by atoms with van der Waals surface area (Å²) in [6.45, 7) is 0. The molecule has 10 rings (SSSR count). The summed E-state index contributed by atoms with van der Waals surface area (Å²) in [6, 6.07) is 81.5. The second-order valence-corrected chi connectivity index (χ2v) is 14.1. The Balaban J connectivity index is 1.17. The van der Waals surface area contributed by atoms with Crippen molar-refractivity contribution in [3.8, 4) is 44.5 Å². The molecule has 0 aliphatic carbocycles. The molecule has 1 nitrogen and oxygen atoms in total. The van der Waals surface area contributed by atoms with Gasteiger partial charge in [-0.25, -0.2) is 0 Å². The molecule has 258 valence electrons. The lowest BCUT2D eigenvalue weighted by atomic mass is 9.91. The topological polar surface area (TPSA) is 3.24 Å². The fourth-order valence-corrected chi connectivity index (χ4v) is 8.23. The van der Waals surface area contributed by atoms with Crippen molar-refractivity contribution in [3.05, 3.63) is 224 Å². The largest absolute Gasteiger partial charge is 0.309 e. The van der Waals surface area contributed by atoms with Crippen LogP contribution in [-0.2, 0) is 0 Å². The molecule has 0 amide bonds. The summed E-state index contributed by atoms with van der Waals surface area (Å²) in [5, 5.41) is 7.47. The van der Waals surface area contributed by atoms with Crippen molar-refractivity contribution in [1.82, 2.24) is 0 Å². The maximum atomic E-state index is 2.46. The zero-order valence-electron chi connectivity index (χ0n) is 30.3. The molecule has 0 saturated heterocycles. The summed E-state index contributed by atoms with van der Waals surface area (Å²) in [6.07, 6.45) is 0. The predicted molar refractivity (Wildman–Crippen MR) is 235 cm³/mol. The van der Waals surface area contributed by atoms with Crippen LogP contribution in [-0.4, -0.2) is 0 Å². The number of rotatable bonds is 7. The smallest absolute Gasteiger partial charge is 0.0540 e. The molecule has 0 saturated carbocycles. The van der Waals surface area contributed by atoms with Crippen molar-refractivity contribution in [3.63, 3.8) is 0 Å². The van der Waals surface area contributed by atoms with Crippen LogP contribution in [0.25, 0.3) is 76.8 Å². The monoisotopic (exact) mass is 699 g/mol. The van der Waals surface area contributed by atoms with E-state index < -0.39 is 0 Å². The highest BCUT2D eigenvalue weighted by Crippen LogP contribution is 2.47. The molecule has 0 bridgehead atoms. The van der Waals surface area contributed by atoms with Gasteiger partial charge < -0.3 is 4.90 Å². The molecule has 0 heterocycles. The molecule has 0 atom stereocenters. The average Bonchev–Trinajstić information content (AvgIpc) is 3.27. The van der Waals surface area contributed by atoms with Crippen molar-refractivity contribution in [2.75, 3.05) is 4.90 Å². The van der Waals surface area contributed by atoms with Crippen LogP contribution in [0.2, 0.25) is 0 Å². The van der Waals surface area contributed by atoms with Gasteiger partial charge in [0.1, 0.15) is 0 Å². The van der Waals surface area contributed by atoms with Crippen LogP contribution >= 0.6 is 0 Å². The third-order valence-corrected chi connectivity index (χ3v) is 10.9. The summed E-state index contributed by atoms with van der Waals surface area (Å²) in [5.74, 6) is 0. The molecule has 0 N–H and O–H groups in total. The molecule has 0 radical (unpaired) electrons. The van der Waals surface area contributed by atoms with E-state index in [1.54, 1.807) is 0 Å². The van der Waals surface area contributed by atoms with Gasteiger partial charge in [-0.2, -0.15) is 0 Å². The molecule has 0 aliphatic heterocycles. The van der Waals surface area contributed by atoms with Gasteiger partial charge in [0.05, 0.1) is 11.4 Å². The number of hydrogen-bond donors (Lipinski definition) is 0. The molecule has 0 fully saturated rings. The Morgan fingerprint density at radius 2 is 0.673 bits per heavy atom. The second kappa shape index (κ2) is 14.0. The highest BCUT2D eigenvalue weighted by atomic mass is 15.1. The first-order valence-corrected chi connectivity index (χ1v) is 18.9. The summed E-state index contributed by atoms with van der Waals surface area (Å²) in [5.41, 5.74) is 12.9. The number of para-hydroxylation sites is 2. The van der Waals surface area contributed by atoms with E-state index in [4.69, 9.17) is 0 Å². The van der Waals surface area contributed by atoms with Crippen LogP contribution in [0.15, 0.2) is 224 Å². The minimum atomic E-state index is 1.09. The average molecular weight is 700 g/mol. The van der Waals surface area contributed by atoms with E-state index in [1.165, 1.54) is 76.8 Å². The Morgan fingerprint density at radius 1 is 0.236 bits per heavy atom. The first-order chi connectivity index (χ1) is 27.3. The third kappa shape index (κ3) is 5.93. The zero-order chi connectivity index (χ0) is 36.6. The quantitative estimate of drug-likeness (QED) is 0.150. The molecule has 0 aromatic heterocycles. The molecule has 0 aliphatic rings. The Kier molecular flexibility index (Phi) is 8.24. The number of benzene rings is 10. The molecule has 10 aromatic carbocycles. The standard InChI is InChI=1S/C54H37N/c1-2-15-38(16-3-1)39-29-31-40(32-30-39)41-33-35-44(36-34-41)55(53-27-12-10-24-50(53)48-26-14-19-42-17-4-6-20-45(42)48)54-28-13-11-25-51(54)52-37-43-18-5-7-21-46(43)47-22-8-9-23-49(47)52/h1-37H. The van der Waals surface area contributed by atoms with Crippen molar-refractivity contribution in [1.29, 1.82) is 0 Å². The lowest BCUT2D eigenvalue weighted by Crippen LogP contribution is -2.12. The van der Waals surface area contributed by atoms with Crippen molar-refractivity contribution in [2.45, 2.75) is 0 Å². The maximum absolute atomic E-state index is 2.46. The van der Waals surface area contributed by atoms with E-state index in [1.807, 2.05) is 0 Å². The molecule has 55 heavy (non-hydrogen) atoms. The van der Waals surface area contributed by atoms with Crippen LogP contribution in [0.5, 0.6) is 0 Å². The van der Waals surface area contributed by atoms with E-state index in [9.17, 15) is 0 Å². The van der Waals surface area contributed by atoms with Gasteiger partial charge in [0, 0.05) is 16.8 Å². The molecule has 1 heteroatoms. The highest BCUT2D eigenvalue weighted by Gasteiger charge is 2.22. The Hall–Kier alpha value is -7.22. The number of fused-ring (bicyclic) bond motifs is 4. The highest BCUT2D eigenvalue weighted by molar-refractivity contribution is 6.15. The maximum Gasteiger partial charge on any atom is 0.0540 e. The van der Waals surface area contributed by atoms with Gasteiger partial charge in [-0.3, -0.25) is 0 Å². The van der Waals surface area contributed by atoms with Crippen LogP contribution in [0, 0.1) is 0 Å². The Bertz CT molecular complexity index is 2950. The molecular weight excluding hydrogens is 663 g/mol. The second-order valence-electron chi connectivity index (χ2n) is 14.1. The summed E-state index contributed by atoms with van der Waals surface area (Å²) in [4.78, 5) is 2.46. The minimum absolute atomic E-state index is 1.09. The number of anilines is 3. The molecule has 10 aromatic rings. The zero-order valence-corrected chi connectivity index (χ0v) is 30.3. The Labute approximate surface area is 322 Å². The van der Waals surface area contributed by atoms with Crippen molar-refractivity contribution < 1.29 is 0 Å². The fourth-order valence-electron chi connectivity index (χ4n) is 8.23. The predicted octanol–water partition coefficient (Wildman–Crippen LogP) is 15.3. The molecule has 0 unspecified atom stereocenters. The number of hydrogen-bond acceptors (Lipinski definition) is 1. The first-order valence-electron chi connectivity index (χ1n) is 18.9. The van der Waals surface area contributed by atoms with Gasteiger partial charge >= 0.3 is 0 Å². The van der Waals surface area contributed by atoms with Gasteiger partial charge in [0.25, 0.3) is 0 Å². The van der Waals surface area contributed by atoms with Crippen LogP contribution < -0.4 is 4.90 Å². The number of nitrogens with zero attached hydrogens (tertiary/aromatic N) is 1. The third-order valence-electron chi connectivity index (χ3n) is 10.9. The molecular formula is C54H37N. The summed E-state index contributed by atoms with van der Waals surface area (Å²) < 4.78 is 0. The SMILES string of the molecule is c1ccc(-c2ccc(-c3ccc(N(c4ccccc4-c4cccc5ccccc45)c4ccccc4-c4cc5ccccc5c5ccccc45)cc3)cc2)cc1. The van der Waals surface area contributed by atoms with Gasteiger partial charge in [0.15, 0.2) is 0 Å². The van der Waals surface area contributed by atoms with E-state index >= 15 is 0 Å². The lowest BCUT2D eigenvalue weighted by Gasteiger charge is -2.30. The van der Waals surface area contributed by atoms with Crippen LogP contribution in [0.1, 0.15) is 0 Å². The van der Waals surface area contributed by atoms with Crippen molar-refractivity contribution >= 4 is 49.4 Å². The normalized spacial score (nSPS) is 11.3. The van der Waals surface area contributed by atoms with Gasteiger partial charge in [0.2, 0.25) is 0 Å². The first kappa shape index (κ1) is 32.4. The van der Waals surface area contributed by atoms with Gasteiger partial charge in [-0.05, 0) is 96.0 Å². The van der Waals surface area contributed by atoms with E-state index in [-0.39, 0.29) is 0 Å². The van der Waals surface area contributed by atoms with Crippen LogP contribution in [0.4, 0.5) is 17.1 Å². The fraction of sp³-hybridized carbons (Fsp3) is 0. The van der Waals surface area contributed by atoms with Crippen molar-refractivity contribution in [2.24, 2.45) is 0 Å². The van der Waals surface area contributed by atoms with Crippen LogP contribution in [0.3, 0.4) is 0 Å². The Morgan fingerprint density at radius 3 is 1.35 bits per heavy atom. The summed E-state index contributed by atoms with van der Waals surface area (Å²) >= 11 is 0. The van der Waals surface area contributed by atoms with E-state index in [0.717, 1.165) is 17.1 Å².